The average molecular weight is 222 g/mol. The number of ether oxygens (including phenoxy) is 2. The Kier molecular flexibility index (Phi) is 2.41. The Labute approximate surface area is 98.0 Å². The minimum Gasteiger partial charge on any atom is -0.349 e. The van der Waals surface area contributed by atoms with Crippen LogP contribution in [0.4, 0.5) is 0 Å². The maximum Gasteiger partial charge on any atom is 0.164 e. The molecule has 3 aliphatic rings. The minimum atomic E-state index is 0.00574. The van der Waals surface area contributed by atoms with Crippen molar-refractivity contribution in [3.8, 4) is 0 Å². The molecule has 0 unspecified atom stereocenters. The van der Waals surface area contributed by atoms with E-state index < -0.39 is 0 Å². The monoisotopic (exact) mass is 222 g/mol. The molecule has 2 aliphatic carbocycles. The summed E-state index contributed by atoms with van der Waals surface area (Å²) in [5, 5.41) is 0. The van der Waals surface area contributed by atoms with Crippen LogP contribution in [0, 0.1) is 17.3 Å². The van der Waals surface area contributed by atoms with Crippen LogP contribution < -0.4 is 0 Å². The Bertz CT molecular complexity index is 302. The number of allylic oxidation sites excluding steroid dienone is 2. The van der Waals surface area contributed by atoms with Crippen molar-refractivity contribution < 1.29 is 9.47 Å². The quantitative estimate of drug-likeness (QED) is 0.635. The van der Waals surface area contributed by atoms with Crippen LogP contribution in [0.25, 0.3) is 0 Å². The zero-order valence-electron chi connectivity index (χ0n) is 10.5. The van der Waals surface area contributed by atoms with Crippen molar-refractivity contribution in [2.45, 2.75) is 58.5 Å². The molecule has 90 valence electrons. The molecule has 0 radical (unpaired) electrons. The predicted molar refractivity (Wildman–Crippen MR) is 63.0 cm³/mol. The lowest BCUT2D eigenvalue weighted by Gasteiger charge is -2.44. The standard InChI is InChI=1S/C14H22O2/c1-9-6-10(2)16-13(15-9)14(3)8-11-4-5-12(14)7-11/h4-5,9-13H,6-8H2,1-3H3/t9-,10-,11-,12+,14+/m1/s1. The van der Waals surface area contributed by atoms with Gasteiger partial charge in [-0.05, 0) is 44.9 Å². The second-order valence-electron chi connectivity index (χ2n) is 6.16. The first-order valence-electron chi connectivity index (χ1n) is 6.57. The molecule has 0 aromatic rings. The smallest absolute Gasteiger partial charge is 0.164 e. The highest BCUT2D eigenvalue weighted by Gasteiger charge is 2.52. The molecule has 2 nitrogen and oxygen atoms in total. The summed E-state index contributed by atoms with van der Waals surface area (Å²) < 4.78 is 12.1. The van der Waals surface area contributed by atoms with Gasteiger partial charge in [-0.1, -0.05) is 19.1 Å². The molecular formula is C14H22O2. The fourth-order valence-corrected chi connectivity index (χ4v) is 3.75. The van der Waals surface area contributed by atoms with Crippen molar-refractivity contribution >= 4 is 0 Å². The third-order valence-corrected chi connectivity index (χ3v) is 4.64. The van der Waals surface area contributed by atoms with Crippen LogP contribution in [0.15, 0.2) is 12.2 Å². The topological polar surface area (TPSA) is 18.5 Å². The van der Waals surface area contributed by atoms with Crippen LogP contribution in [0.3, 0.4) is 0 Å². The van der Waals surface area contributed by atoms with E-state index in [1.54, 1.807) is 0 Å². The molecule has 5 atom stereocenters. The maximum atomic E-state index is 6.04. The second kappa shape index (κ2) is 3.58. The van der Waals surface area contributed by atoms with Crippen LogP contribution in [0.1, 0.15) is 40.0 Å². The molecule has 2 bridgehead atoms. The van der Waals surface area contributed by atoms with Gasteiger partial charge in [0.1, 0.15) is 0 Å². The molecule has 1 saturated carbocycles. The lowest BCUT2D eigenvalue weighted by atomic mass is 9.76. The largest absolute Gasteiger partial charge is 0.349 e. The Morgan fingerprint density at radius 3 is 2.25 bits per heavy atom. The fraction of sp³-hybridized carbons (Fsp3) is 0.857. The summed E-state index contributed by atoms with van der Waals surface area (Å²) >= 11 is 0. The second-order valence-corrected chi connectivity index (χ2v) is 6.16. The van der Waals surface area contributed by atoms with Gasteiger partial charge in [-0.15, -0.1) is 0 Å². The Morgan fingerprint density at radius 1 is 1.06 bits per heavy atom. The average Bonchev–Trinajstić information content (AvgIpc) is 2.76. The van der Waals surface area contributed by atoms with E-state index >= 15 is 0 Å². The highest BCUT2D eigenvalue weighted by molar-refractivity contribution is 5.15. The predicted octanol–water partition coefficient (Wildman–Crippen LogP) is 3.13. The first-order chi connectivity index (χ1) is 7.58. The van der Waals surface area contributed by atoms with Gasteiger partial charge in [-0.2, -0.15) is 0 Å². The fourth-order valence-electron chi connectivity index (χ4n) is 3.75. The molecule has 0 aromatic heterocycles. The molecule has 2 fully saturated rings. The Balaban J connectivity index is 1.79. The summed E-state index contributed by atoms with van der Waals surface area (Å²) in [6.07, 6.45) is 9.01. The van der Waals surface area contributed by atoms with Gasteiger partial charge in [0.05, 0.1) is 12.2 Å². The zero-order chi connectivity index (χ0) is 11.3. The van der Waals surface area contributed by atoms with Crippen molar-refractivity contribution in [1.82, 2.24) is 0 Å². The third kappa shape index (κ3) is 1.54. The summed E-state index contributed by atoms with van der Waals surface area (Å²) in [4.78, 5) is 0. The molecule has 2 heteroatoms. The van der Waals surface area contributed by atoms with E-state index in [1.165, 1.54) is 12.8 Å². The summed E-state index contributed by atoms with van der Waals surface area (Å²) in [5.74, 6) is 1.44. The van der Waals surface area contributed by atoms with Crippen LogP contribution in [0.2, 0.25) is 0 Å². The van der Waals surface area contributed by atoms with Gasteiger partial charge in [0.15, 0.2) is 6.29 Å². The van der Waals surface area contributed by atoms with Crippen LogP contribution in [-0.4, -0.2) is 18.5 Å². The van der Waals surface area contributed by atoms with Gasteiger partial charge in [-0.3, -0.25) is 0 Å². The van der Waals surface area contributed by atoms with E-state index in [9.17, 15) is 0 Å². The molecule has 0 aromatic carbocycles. The molecule has 1 saturated heterocycles. The highest BCUT2D eigenvalue weighted by atomic mass is 16.7. The normalized spacial score (nSPS) is 55.8. The van der Waals surface area contributed by atoms with Gasteiger partial charge in [0.2, 0.25) is 0 Å². The third-order valence-electron chi connectivity index (χ3n) is 4.64. The van der Waals surface area contributed by atoms with Crippen molar-refractivity contribution in [2.24, 2.45) is 17.3 Å². The summed E-state index contributed by atoms with van der Waals surface area (Å²) in [7, 11) is 0. The van der Waals surface area contributed by atoms with Crippen molar-refractivity contribution in [3.05, 3.63) is 12.2 Å². The molecule has 0 N–H and O–H groups in total. The molecule has 1 aliphatic heterocycles. The van der Waals surface area contributed by atoms with Crippen LogP contribution in [-0.2, 0) is 9.47 Å². The lowest BCUT2D eigenvalue weighted by Crippen LogP contribution is -2.47. The number of fused-ring (bicyclic) bond motifs is 2. The van der Waals surface area contributed by atoms with E-state index in [2.05, 4.69) is 32.9 Å². The summed E-state index contributed by atoms with van der Waals surface area (Å²) in [6.45, 7) is 6.67. The van der Waals surface area contributed by atoms with Gasteiger partial charge in [-0.25, -0.2) is 0 Å². The van der Waals surface area contributed by atoms with Crippen molar-refractivity contribution in [1.29, 1.82) is 0 Å². The van der Waals surface area contributed by atoms with Gasteiger partial charge in [0.25, 0.3) is 0 Å². The minimum absolute atomic E-state index is 0.00574. The van der Waals surface area contributed by atoms with E-state index in [0.29, 0.717) is 18.1 Å². The molecule has 3 rings (SSSR count). The van der Waals surface area contributed by atoms with E-state index in [0.717, 1.165) is 12.3 Å². The van der Waals surface area contributed by atoms with E-state index in [1.807, 2.05) is 0 Å². The van der Waals surface area contributed by atoms with Crippen LogP contribution >= 0.6 is 0 Å². The zero-order valence-corrected chi connectivity index (χ0v) is 10.5. The maximum absolute atomic E-state index is 6.04. The SMILES string of the molecule is C[C@@H]1C[C@@H](C)OC([C@@]2(C)C[C@@H]3C=C[C@H]2C3)O1. The molecule has 16 heavy (non-hydrogen) atoms. The molecular weight excluding hydrogens is 200 g/mol. The lowest BCUT2D eigenvalue weighted by molar-refractivity contribution is -0.282. The van der Waals surface area contributed by atoms with Gasteiger partial charge >= 0.3 is 0 Å². The number of hydrogen-bond acceptors (Lipinski definition) is 2. The van der Waals surface area contributed by atoms with Crippen molar-refractivity contribution in [2.75, 3.05) is 0 Å². The number of rotatable bonds is 1. The summed E-state index contributed by atoms with van der Waals surface area (Å²) in [5.41, 5.74) is 0.211. The summed E-state index contributed by atoms with van der Waals surface area (Å²) in [6, 6.07) is 0. The molecule has 0 amide bonds. The first kappa shape index (κ1) is 10.8. The van der Waals surface area contributed by atoms with E-state index in [-0.39, 0.29) is 11.7 Å². The van der Waals surface area contributed by atoms with Gasteiger partial charge < -0.3 is 9.47 Å². The molecule has 0 spiro atoms. The molecule has 1 heterocycles. The Morgan fingerprint density at radius 2 is 1.75 bits per heavy atom. The number of hydrogen-bond donors (Lipinski definition) is 0. The first-order valence-corrected chi connectivity index (χ1v) is 6.57. The highest BCUT2D eigenvalue weighted by Crippen LogP contribution is 2.55. The van der Waals surface area contributed by atoms with Gasteiger partial charge in [0, 0.05) is 5.41 Å². The van der Waals surface area contributed by atoms with Crippen LogP contribution in [0.5, 0.6) is 0 Å². The Hall–Kier alpha value is -0.340. The van der Waals surface area contributed by atoms with Crippen molar-refractivity contribution in [3.63, 3.8) is 0 Å². The van der Waals surface area contributed by atoms with E-state index in [4.69, 9.17) is 9.47 Å².